The molecule has 0 aliphatic rings. The number of pyridine rings is 1. The molecule has 0 saturated heterocycles. The number of carboxylic acid groups (broad SMARTS) is 1. The maximum atomic E-state index is 12.3. The lowest BCUT2D eigenvalue weighted by Crippen LogP contribution is -2.18. The fraction of sp³-hybridized carbons (Fsp3) is 0.286. The molecule has 0 aliphatic carbocycles. The fourth-order valence-corrected chi connectivity index (χ4v) is 2.05. The van der Waals surface area contributed by atoms with Crippen LogP contribution in [0.3, 0.4) is 0 Å². The van der Waals surface area contributed by atoms with Crippen molar-refractivity contribution in [2.45, 2.75) is 26.2 Å². The molecule has 2 rings (SSSR count). The number of fused-ring (bicyclic) bond motifs is 1. The average molecular weight is 245 g/mol. The van der Waals surface area contributed by atoms with Crippen molar-refractivity contribution in [2.75, 3.05) is 0 Å². The maximum absolute atomic E-state index is 12.3. The number of aromatic carboxylic acids is 1. The van der Waals surface area contributed by atoms with Gasteiger partial charge in [-0.1, -0.05) is 25.5 Å². The van der Waals surface area contributed by atoms with Crippen molar-refractivity contribution in [3.63, 3.8) is 0 Å². The van der Waals surface area contributed by atoms with Crippen LogP contribution in [-0.2, 0) is 6.42 Å². The second-order valence-corrected chi connectivity index (χ2v) is 4.26. The van der Waals surface area contributed by atoms with E-state index in [4.69, 9.17) is 0 Å². The molecule has 0 spiro atoms. The number of para-hydroxylation sites is 1. The van der Waals surface area contributed by atoms with E-state index >= 15 is 0 Å². The summed E-state index contributed by atoms with van der Waals surface area (Å²) in [6.45, 7) is 2.01. The number of nitrogens with one attached hydrogen (secondary N) is 1. The number of carboxylic acids is 1. The third kappa shape index (κ3) is 2.14. The molecule has 0 bridgehead atoms. The molecule has 2 N–H and O–H groups in total. The molecule has 0 fully saturated rings. The van der Waals surface area contributed by atoms with Crippen LogP contribution in [0.2, 0.25) is 0 Å². The molecule has 4 heteroatoms. The van der Waals surface area contributed by atoms with Gasteiger partial charge in [-0.15, -0.1) is 0 Å². The van der Waals surface area contributed by atoms with Gasteiger partial charge in [0.15, 0.2) is 5.43 Å². The molecule has 0 amide bonds. The Morgan fingerprint density at radius 1 is 1.33 bits per heavy atom. The van der Waals surface area contributed by atoms with Crippen molar-refractivity contribution in [1.82, 2.24) is 4.98 Å². The summed E-state index contributed by atoms with van der Waals surface area (Å²) in [5.41, 5.74) is 0.797. The largest absolute Gasteiger partial charge is 0.477 e. The summed E-state index contributed by atoms with van der Waals surface area (Å²) in [4.78, 5) is 26.3. The van der Waals surface area contributed by atoms with Crippen LogP contribution in [0.5, 0.6) is 0 Å². The Morgan fingerprint density at radius 2 is 2.06 bits per heavy atom. The van der Waals surface area contributed by atoms with Crippen molar-refractivity contribution in [2.24, 2.45) is 0 Å². The van der Waals surface area contributed by atoms with E-state index in [9.17, 15) is 14.7 Å². The summed E-state index contributed by atoms with van der Waals surface area (Å²) in [6.07, 6.45) is 2.23. The topological polar surface area (TPSA) is 70.2 Å². The van der Waals surface area contributed by atoms with Crippen LogP contribution in [-0.4, -0.2) is 16.1 Å². The van der Waals surface area contributed by atoms with E-state index in [1.165, 1.54) is 0 Å². The summed E-state index contributed by atoms with van der Waals surface area (Å²) in [7, 11) is 0. The van der Waals surface area contributed by atoms with Gasteiger partial charge in [-0.05, 0) is 25.0 Å². The second kappa shape index (κ2) is 5.04. The molecule has 4 nitrogen and oxygen atoms in total. The zero-order valence-electron chi connectivity index (χ0n) is 10.2. The summed E-state index contributed by atoms with van der Waals surface area (Å²) < 4.78 is 0. The highest BCUT2D eigenvalue weighted by Gasteiger charge is 2.16. The Morgan fingerprint density at radius 3 is 2.72 bits per heavy atom. The minimum absolute atomic E-state index is 0.0205. The third-order valence-electron chi connectivity index (χ3n) is 3.00. The van der Waals surface area contributed by atoms with Gasteiger partial charge in [0.05, 0.1) is 0 Å². The van der Waals surface area contributed by atoms with Gasteiger partial charge in [-0.2, -0.15) is 0 Å². The molecule has 1 aromatic heterocycles. The smallest absolute Gasteiger partial charge is 0.352 e. The number of carbonyl (C=O) groups is 1. The lowest BCUT2D eigenvalue weighted by Gasteiger charge is -2.07. The minimum atomic E-state index is -1.08. The maximum Gasteiger partial charge on any atom is 0.352 e. The first kappa shape index (κ1) is 12.4. The number of unbranched alkanes of at least 4 members (excludes halogenated alkanes) is 1. The summed E-state index contributed by atoms with van der Waals surface area (Å²) >= 11 is 0. The van der Waals surface area contributed by atoms with Crippen molar-refractivity contribution >= 4 is 16.9 Å². The van der Waals surface area contributed by atoms with Crippen molar-refractivity contribution in [3.8, 4) is 0 Å². The van der Waals surface area contributed by atoms with Crippen molar-refractivity contribution in [1.29, 1.82) is 0 Å². The van der Waals surface area contributed by atoms with Crippen LogP contribution in [0, 0.1) is 0 Å². The molecule has 18 heavy (non-hydrogen) atoms. The van der Waals surface area contributed by atoms with E-state index in [0.29, 0.717) is 22.9 Å². The zero-order chi connectivity index (χ0) is 13.1. The number of hydrogen-bond donors (Lipinski definition) is 2. The Labute approximate surface area is 104 Å². The first-order chi connectivity index (χ1) is 8.65. The third-order valence-corrected chi connectivity index (χ3v) is 3.00. The van der Waals surface area contributed by atoms with Crippen LogP contribution < -0.4 is 5.43 Å². The standard InChI is InChI=1S/C14H15NO3/c1-2-3-6-10-12(14(17)18)15-11-8-5-4-7-9(11)13(10)16/h4-5,7-8H,2-3,6H2,1H3,(H,15,16)(H,17,18). The molecule has 0 atom stereocenters. The molecule has 1 heterocycles. The van der Waals surface area contributed by atoms with Crippen LogP contribution in [0.4, 0.5) is 0 Å². The minimum Gasteiger partial charge on any atom is -0.477 e. The monoisotopic (exact) mass is 245 g/mol. The van der Waals surface area contributed by atoms with Crippen LogP contribution in [0.15, 0.2) is 29.1 Å². The molecule has 94 valence electrons. The quantitative estimate of drug-likeness (QED) is 0.869. The van der Waals surface area contributed by atoms with Crippen molar-refractivity contribution < 1.29 is 9.90 Å². The van der Waals surface area contributed by atoms with Gasteiger partial charge in [0, 0.05) is 16.5 Å². The first-order valence-electron chi connectivity index (χ1n) is 6.02. The highest BCUT2D eigenvalue weighted by Crippen LogP contribution is 2.13. The van der Waals surface area contributed by atoms with Gasteiger partial charge in [-0.25, -0.2) is 4.79 Å². The highest BCUT2D eigenvalue weighted by atomic mass is 16.4. The summed E-state index contributed by atoms with van der Waals surface area (Å²) in [5, 5.41) is 9.73. The van der Waals surface area contributed by atoms with Gasteiger partial charge in [-0.3, -0.25) is 4.79 Å². The second-order valence-electron chi connectivity index (χ2n) is 4.26. The molecule has 0 aliphatic heterocycles. The van der Waals surface area contributed by atoms with Gasteiger partial charge in [0.1, 0.15) is 5.69 Å². The lowest BCUT2D eigenvalue weighted by molar-refractivity contribution is 0.0689. The Hall–Kier alpha value is -2.10. The van der Waals surface area contributed by atoms with E-state index in [1.54, 1.807) is 24.3 Å². The van der Waals surface area contributed by atoms with Gasteiger partial charge in [0.2, 0.25) is 0 Å². The van der Waals surface area contributed by atoms with E-state index in [2.05, 4.69) is 4.98 Å². The number of aromatic nitrogens is 1. The van der Waals surface area contributed by atoms with Crippen LogP contribution in [0.25, 0.3) is 10.9 Å². The molecule has 0 saturated carbocycles. The van der Waals surface area contributed by atoms with E-state index in [-0.39, 0.29) is 11.1 Å². The van der Waals surface area contributed by atoms with Crippen molar-refractivity contribution in [3.05, 3.63) is 45.7 Å². The van der Waals surface area contributed by atoms with E-state index in [0.717, 1.165) is 12.8 Å². The van der Waals surface area contributed by atoms with Gasteiger partial charge >= 0.3 is 5.97 Å². The lowest BCUT2D eigenvalue weighted by atomic mass is 10.0. The Balaban J connectivity index is 2.71. The molecule has 2 aromatic rings. The predicted molar refractivity (Wildman–Crippen MR) is 70.1 cm³/mol. The Kier molecular flexibility index (Phi) is 3.46. The molecule has 0 radical (unpaired) electrons. The molecular formula is C14H15NO3. The number of benzene rings is 1. The van der Waals surface area contributed by atoms with E-state index in [1.807, 2.05) is 6.92 Å². The van der Waals surface area contributed by atoms with Crippen LogP contribution >= 0.6 is 0 Å². The summed E-state index contributed by atoms with van der Waals surface area (Å²) in [5.74, 6) is -1.08. The predicted octanol–water partition coefficient (Wildman–Crippen LogP) is 2.57. The number of aromatic amines is 1. The fourth-order valence-electron chi connectivity index (χ4n) is 2.05. The van der Waals surface area contributed by atoms with Gasteiger partial charge < -0.3 is 10.1 Å². The highest BCUT2D eigenvalue weighted by molar-refractivity contribution is 5.91. The average Bonchev–Trinajstić information content (AvgIpc) is 2.37. The van der Waals surface area contributed by atoms with E-state index < -0.39 is 5.97 Å². The normalized spacial score (nSPS) is 10.7. The molecular weight excluding hydrogens is 230 g/mol. The summed E-state index contributed by atoms with van der Waals surface area (Å²) in [6, 6.07) is 6.99. The zero-order valence-corrected chi connectivity index (χ0v) is 10.2. The number of rotatable bonds is 4. The molecule has 0 unspecified atom stereocenters. The first-order valence-corrected chi connectivity index (χ1v) is 6.02. The Bertz CT molecular complexity index is 643. The number of hydrogen-bond acceptors (Lipinski definition) is 2. The molecule has 1 aromatic carbocycles. The SMILES string of the molecule is CCCCc1c(C(=O)O)[nH]c2ccccc2c1=O. The van der Waals surface area contributed by atoms with Crippen LogP contribution in [0.1, 0.15) is 35.8 Å². The number of H-pyrrole nitrogens is 1. The van der Waals surface area contributed by atoms with Gasteiger partial charge in [0.25, 0.3) is 0 Å².